The van der Waals surface area contributed by atoms with Crippen LogP contribution in [0.25, 0.3) is 0 Å². The summed E-state index contributed by atoms with van der Waals surface area (Å²) < 4.78 is 28.7. The SMILES string of the molecule is CS(=O)(=O)c1ccccc1NC(=O)COC(=O)c1cc2c(s1)CCCCCC2. The number of fused-ring (bicyclic) bond motifs is 1. The van der Waals surface area contributed by atoms with Gasteiger partial charge in [-0.1, -0.05) is 25.0 Å². The first-order valence-corrected chi connectivity index (χ1v) is 11.9. The van der Waals surface area contributed by atoms with Gasteiger partial charge in [-0.05, 0) is 49.4 Å². The highest BCUT2D eigenvalue weighted by Gasteiger charge is 2.19. The Balaban J connectivity index is 1.61. The van der Waals surface area contributed by atoms with Gasteiger partial charge < -0.3 is 10.1 Å². The summed E-state index contributed by atoms with van der Waals surface area (Å²) >= 11 is 1.44. The van der Waals surface area contributed by atoms with Crippen LogP contribution < -0.4 is 5.32 Å². The molecule has 0 radical (unpaired) electrons. The number of carbonyl (C=O) groups excluding carboxylic acids is 2. The number of hydrogen-bond donors (Lipinski definition) is 1. The average molecular weight is 422 g/mol. The number of para-hydroxylation sites is 1. The zero-order valence-corrected chi connectivity index (χ0v) is 17.3. The van der Waals surface area contributed by atoms with Crippen molar-refractivity contribution in [3.05, 3.63) is 45.6 Å². The number of sulfone groups is 1. The number of thiophene rings is 1. The highest BCUT2D eigenvalue weighted by molar-refractivity contribution is 7.90. The van der Waals surface area contributed by atoms with E-state index >= 15 is 0 Å². The van der Waals surface area contributed by atoms with E-state index in [0.717, 1.165) is 31.9 Å². The van der Waals surface area contributed by atoms with Crippen LogP contribution in [0.5, 0.6) is 0 Å². The molecule has 2 aromatic rings. The van der Waals surface area contributed by atoms with E-state index in [9.17, 15) is 18.0 Å². The molecule has 28 heavy (non-hydrogen) atoms. The monoisotopic (exact) mass is 421 g/mol. The Morgan fingerprint density at radius 1 is 1.11 bits per heavy atom. The van der Waals surface area contributed by atoms with Gasteiger partial charge in [0.1, 0.15) is 4.88 Å². The quantitative estimate of drug-likeness (QED) is 0.745. The molecule has 1 aromatic heterocycles. The zero-order chi connectivity index (χ0) is 20.1. The first-order valence-electron chi connectivity index (χ1n) is 9.22. The second-order valence-corrected chi connectivity index (χ2v) is 9.99. The maximum Gasteiger partial charge on any atom is 0.348 e. The lowest BCUT2D eigenvalue weighted by Gasteiger charge is -2.09. The maximum absolute atomic E-state index is 12.3. The summed E-state index contributed by atoms with van der Waals surface area (Å²) in [6, 6.07) is 7.99. The standard InChI is InChI=1S/C20H23NO5S2/c1-28(24,25)18-11-7-6-9-15(18)21-19(22)13-26-20(23)17-12-14-8-4-2-3-5-10-16(14)27-17/h6-7,9,11-12H,2-5,8,10,13H2,1H3,(H,21,22). The topological polar surface area (TPSA) is 89.5 Å². The lowest BCUT2D eigenvalue weighted by Crippen LogP contribution is -2.21. The molecule has 1 N–H and O–H groups in total. The van der Waals surface area contributed by atoms with Gasteiger partial charge in [-0.15, -0.1) is 11.3 Å². The molecule has 0 saturated heterocycles. The fraction of sp³-hybridized carbons (Fsp3) is 0.400. The van der Waals surface area contributed by atoms with Gasteiger partial charge in [0.25, 0.3) is 5.91 Å². The Hall–Kier alpha value is -2.19. The van der Waals surface area contributed by atoms with Crippen molar-refractivity contribution in [3.63, 3.8) is 0 Å². The van der Waals surface area contributed by atoms with E-state index in [1.54, 1.807) is 12.1 Å². The maximum atomic E-state index is 12.3. The third-order valence-corrected chi connectivity index (χ3v) is 6.96. The summed E-state index contributed by atoms with van der Waals surface area (Å²) in [5.41, 5.74) is 1.38. The zero-order valence-electron chi connectivity index (χ0n) is 15.7. The second kappa shape index (κ2) is 8.87. The van der Waals surface area contributed by atoms with Crippen LogP contribution in [0.1, 0.15) is 45.8 Å². The van der Waals surface area contributed by atoms with E-state index in [-0.39, 0.29) is 10.6 Å². The molecule has 0 bridgehead atoms. The van der Waals surface area contributed by atoms with Crippen molar-refractivity contribution < 1.29 is 22.7 Å². The van der Waals surface area contributed by atoms with Gasteiger partial charge in [0.05, 0.1) is 10.6 Å². The van der Waals surface area contributed by atoms with Crippen LogP contribution in [-0.2, 0) is 32.2 Å². The summed E-state index contributed by atoms with van der Waals surface area (Å²) in [7, 11) is -3.48. The molecule has 1 aromatic carbocycles. The molecule has 6 nitrogen and oxygen atoms in total. The van der Waals surface area contributed by atoms with E-state index in [2.05, 4.69) is 5.32 Å². The molecule has 0 unspecified atom stereocenters. The Labute approximate surface area is 168 Å². The summed E-state index contributed by atoms with van der Waals surface area (Å²) in [6.45, 7) is -0.473. The molecule has 3 rings (SSSR count). The fourth-order valence-electron chi connectivity index (χ4n) is 3.23. The van der Waals surface area contributed by atoms with E-state index in [1.807, 2.05) is 6.07 Å². The summed E-state index contributed by atoms with van der Waals surface area (Å²) in [5.74, 6) is -1.11. The number of anilines is 1. The Morgan fingerprint density at radius 3 is 2.57 bits per heavy atom. The minimum absolute atomic E-state index is 0.0211. The number of aryl methyl sites for hydroxylation is 2. The van der Waals surface area contributed by atoms with Crippen molar-refractivity contribution in [1.82, 2.24) is 0 Å². The molecule has 0 spiro atoms. The molecule has 0 saturated carbocycles. The van der Waals surface area contributed by atoms with Crippen molar-refractivity contribution in [1.29, 1.82) is 0 Å². The second-order valence-electron chi connectivity index (χ2n) is 6.87. The van der Waals surface area contributed by atoms with E-state index in [0.29, 0.717) is 4.88 Å². The van der Waals surface area contributed by atoms with Gasteiger partial charge in [0.2, 0.25) is 0 Å². The Morgan fingerprint density at radius 2 is 1.82 bits per heavy atom. The van der Waals surface area contributed by atoms with Crippen LogP contribution >= 0.6 is 11.3 Å². The van der Waals surface area contributed by atoms with E-state index in [1.165, 1.54) is 46.8 Å². The number of nitrogens with one attached hydrogen (secondary N) is 1. The molecule has 8 heteroatoms. The number of hydrogen-bond acceptors (Lipinski definition) is 6. The number of benzene rings is 1. The normalized spacial score (nSPS) is 14.5. The molecule has 1 heterocycles. The Kier molecular flexibility index (Phi) is 6.51. The summed E-state index contributed by atoms with van der Waals surface area (Å²) in [4.78, 5) is 26.2. The third-order valence-electron chi connectivity index (χ3n) is 4.59. The van der Waals surface area contributed by atoms with Gasteiger partial charge in [0, 0.05) is 11.1 Å². The molecule has 1 aliphatic rings. The molecule has 1 aliphatic carbocycles. The predicted octanol–water partition coefficient (Wildman–Crippen LogP) is 3.61. The van der Waals surface area contributed by atoms with Crippen LogP contribution in [0, 0.1) is 0 Å². The van der Waals surface area contributed by atoms with Crippen LogP contribution in [0.3, 0.4) is 0 Å². The highest BCUT2D eigenvalue weighted by Crippen LogP contribution is 2.29. The minimum Gasteiger partial charge on any atom is -0.451 e. The minimum atomic E-state index is -3.48. The number of esters is 1. The largest absolute Gasteiger partial charge is 0.451 e. The first kappa shape index (κ1) is 20.5. The number of ether oxygens (including phenoxy) is 1. The van der Waals surface area contributed by atoms with Crippen molar-refractivity contribution in [2.75, 3.05) is 18.2 Å². The van der Waals surface area contributed by atoms with Gasteiger partial charge in [-0.25, -0.2) is 13.2 Å². The molecule has 0 atom stereocenters. The van der Waals surface area contributed by atoms with Gasteiger partial charge >= 0.3 is 5.97 Å². The lowest BCUT2D eigenvalue weighted by atomic mass is 10.00. The smallest absolute Gasteiger partial charge is 0.348 e. The fourth-order valence-corrected chi connectivity index (χ4v) is 5.22. The summed E-state index contributed by atoms with van der Waals surface area (Å²) in [5, 5.41) is 2.50. The van der Waals surface area contributed by atoms with Crippen molar-refractivity contribution in [2.45, 2.75) is 43.4 Å². The molecular formula is C20H23NO5S2. The lowest BCUT2D eigenvalue weighted by molar-refractivity contribution is -0.119. The van der Waals surface area contributed by atoms with E-state index in [4.69, 9.17) is 4.74 Å². The molecular weight excluding hydrogens is 398 g/mol. The van der Waals surface area contributed by atoms with Crippen molar-refractivity contribution in [3.8, 4) is 0 Å². The van der Waals surface area contributed by atoms with Crippen LogP contribution in [0.2, 0.25) is 0 Å². The van der Waals surface area contributed by atoms with Gasteiger partial charge in [-0.2, -0.15) is 0 Å². The molecule has 1 amide bonds. The first-order chi connectivity index (χ1) is 13.3. The van der Waals surface area contributed by atoms with Crippen LogP contribution in [0.15, 0.2) is 35.2 Å². The number of carbonyl (C=O) groups is 2. The molecule has 150 valence electrons. The van der Waals surface area contributed by atoms with Crippen LogP contribution in [0.4, 0.5) is 5.69 Å². The van der Waals surface area contributed by atoms with Gasteiger partial charge in [-0.3, -0.25) is 4.79 Å². The molecule has 0 fully saturated rings. The van der Waals surface area contributed by atoms with Crippen molar-refractivity contribution in [2.24, 2.45) is 0 Å². The third kappa shape index (κ3) is 5.20. The van der Waals surface area contributed by atoms with Gasteiger partial charge in [0.15, 0.2) is 16.4 Å². The Bertz CT molecular complexity index is 953. The average Bonchev–Trinajstić information content (AvgIpc) is 3.01. The molecule has 0 aliphatic heterocycles. The predicted molar refractivity (Wildman–Crippen MR) is 109 cm³/mol. The van der Waals surface area contributed by atoms with Crippen LogP contribution in [-0.4, -0.2) is 33.2 Å². The van der Waals surface area contributed by atoms with E-state index < -0.39 is 28.3 Å². The number of amides is 1. The number of rotatable bonds is 5. The van der Waals surface area contributed by atoms with Crippen molar-refractivity contribution >= 4 is 38.7 Å². The summed E-state index contributed by atoms with van der Waals surface area (Å²) in [6.07, 6.45) is 7.71. The highest BCUT2D eigenvalue weighted by atomic mass is 32.2.